The summed E-state index contributed by atoms with van der Waals surface area (Å²) in [6.07, 6.45) is 0.514. The van der Waals surface area contributed by atoms with Crippen molar-refractivity contribution < 1.29 is 14.7 Å². The zero-order valence-electron chi connectivity index (χ0n) is 11.3. The molecule has 102 valence electrons. The lowest BCUT2D eigenvalue weighted by Gasteiger charge is -2.28. The Labute approximate surface area is 108 Å². The van der Waals surface area contributed by atoms with E-state index < -0.39 is 11.4 Å². The van der Waals surface area contributed by atoms with Crippen molar-refractivity contribution >= 4 is 12.0 Å². The minimum Gasteiger partial charge on any atom is -0.481 e. The molecule has 1 rings (SSSR count). The van der Waals surface area contributed by atoms with Crippen LogP contribution < -0.4 is 5.32 Å². The molecular weight excluding hydrogens is 232 g/mol. The van der Waals surface area contributed by atoms with Gasteiger partial charge in [0.15, 0.2) is 0 Å². The molecular formula is C13H22N2O3. The number of carboxylic acids is 1. The van der Waals surface area contributed by atoms with Gasteiger partial charge >= 0.3 is 12.0 Å². The summed E-state index contributed by atoms with van der Waals surface area (Å²) in [5.74, 6) is -0.804. The van der Waals surface area contributed by atoms with Gasteiger partial charge < -0.3 is 15.3 Å². The number of carboxylic acid groups (broad SMARTS) is 1. The second-order valence-electron chi connectivity index (χ2n) is 5.40. The Morgan fingerprint density at radius 1 is 1.50 bits per heavy atom. The Morgan fingerprint density at radius 3 is 2.50 bits per heavy atom. The van der Waals surface area contributed by atoms with Crippen LogP contribution in [0.15, 0.2) is 12.2 Å². The van der Waals surface area contributed by atoms with Gasteiger partial charge in [0.25, 0.3) is 0 Å². The lowest BCUT2D eigenvalue weighted by Crippen LogP contribution is -2.44. The molecule has 18 heavy (non-hydrogen) atoms. The van der Waals surface area contributed by atoms with Gasteiger partial charge in [-0.2, -0.15) is 0 Å². The largest absolute Gasteiger partial charge is 0.481 e. The maximum Gasteiger partial charge on any atom is 0.317 e. The topological polar surface area (TPSA) is 69.6 Å². The first-order valence-electron chi connectivity index (χ1n) is 6.20. The quantitative estimate of drug-likeness (QED) is 0.750. The van der Waals surface area contributed by atoms with Crippen LogP contribution in [0.2, 0.25) is 0 Å². The van der Waals surface area contributed by atoms with Crippen molar-refractivity contribution in [1.82, 2.24) is 10.2 Å². The molecule has 5 heteroatoms. The van der Waals surface area contributed by atoms with Gasteiger partial charge in [0, 0.05) is 19.6 Å². The van der Waals surface area contributed by atoms with Crippen molar-refractivity contribution in [3.63, 3.8) is 0 Å². The van der Waals surface area contributed by atoms with Gasteiger partial charge in [-0.1, -0.05) is 26.0 Å². The lowest BCUT2D eigenvalue weighted by molar-refractivity contribution is -0.150. The van der Waals surface area contributed by atoms with E-state index in [2.05, 4.69) is 11.9 Å². The molecule has 1 fully saturated rings. The Kier molecular flexibility index (Phi) is 4.38. The van der Waals surface area contributed by atoms with E-state index in [4.69, 9.17) is 0 Å². The van der Waals surface area contributed by atoms with Crippen molar-refractivity contribution in [3.8, 4) is 0 Å². The molecule has 2 amide bonds. The third-order valence-corrected chi connectivity index (χ3v) is 3.66. The van der Waals surface area contributed by atoms with E-state index in [1.165, 1.54) is 0 Å². The number of hydrogen-bond donors (Lipinski definition) is 2. The molecule has 0 saturated carbocycles. The van der Waals surface area contributed by atoms with Gasteiger partial charge in [0.2, 0.25) is 0 Å². The smallest absolute Gasteiger partial charge is 0.317 e. The third kappa shape index (κ3) is 2.83. The molecule has 1 aliphatic rings. The van der Waals surface area contributed by atoms with Crippen molar-refractivity contribution in [2.24, 2.45) is 11.3 Å². The minimum absolute atomic E-state index is 0.00828. The van der Waals surface area contributed by atoms with Gasteiger partial charge in [-0.3, -0.25) is 4.79 Å². The molecule has 0 aromatic heterocycles. The van der Waals surface area contributed by atoms with Crippen LogP contribution >= 0.6 is 0 Å². The molecule has 0 spiro atoms. The van der Waals surface area contributed by atoms with Crippen LogP contribution in [0.5, 0.6) is 0 Å². The van der Waals surface area contributed by atoms with Crippen molar-refractivity contribution in [3.05, 3.63) is 12.2 Å². The lowest BCUT2D eigenvalue weighted by atomic mass is 9.76. The van der Waals surface area contributed by atoms with Gasteiger partial charge in [-0.25, -0.2) is 4.79 Å². The van der Waals surface area contributed by atoms with Crippen LogP contribution in [0.4, 0.5) is 4.79 Å². The van der Waals surface area contributed by atoms with Crippen molar-refractivity contribution in [1.29, 1.82) is 0 Å². The van der Waals surface area contributed by atoms with Gasteiger partial charge in [0.1, 0.15) is 0 Å². The number of carbonyl (C=O) groups is 2. The molecule has 1 atom stereocenters. The molecule has 0 bridgehead atoms. The summed E-state index contributed by atoms with van der Waals surface area (Å²) in [4.78, 5) is 24.9. The summed E-state index contributed by atoms with van der Waals surface area (Å²) in [6, 6.07) is -0.207. The van der Waals surface area contributed by atoms with Crippen LogP contribution in [0.1, 0.15) is 27.2 Å². The summed E-state index contributed by atoms with van der Waals surface area (Å²) in [5, 5.41) is 12.1. The molecule has 2 N–H and O–H groups in total. The predicted molar refractivity (Wildman–Crippen MR) is 69.3 cm³/mol. The average molecular weight is 254 g/mol. The molecule has 0 radical (unpaired) electrons. The molecule has 0 aliphatic carbocycles. The summed E-state index contributed by atoms with van der Waals surface area (Å²) < 4.78 is 0. The Morgan fingerprint density at radius 2 is 2.11 bits per heavy atom. The maximum absolute atomic E-state index is 11.9. The fourth-order valence-electron chi connectivity index (χ4n) is 2.24. The number of urea groups is 1. The number of nitrogens with one attached hydrogen (secondary N) is 1. The zero-order valence-corrected chi connectivity index (χ0v) is 11.3. The Hall–Kier alpha value is -1.52. The van der Waals surface area contributed by atoms with Gasteiger partial charge in [0.05, 0.1) is 5.41 Å². The highest BCUT2D eigenvalue weighted by Crippen LogP contribution is 2.38. The molecule has 1 unspecified atom stereocenters. The van der Waals surface area contributed by atoms with E-state index in [9.17, 15) is 14.7 Å². The summed E-state index contributed by atoms with van der Waals surface area (Å²) >= 11 is 0. The molecule has 1 aliphatic heterocycles. The highest BCUT2D eigenvalue weighted by molar-refractivity contribution is 5.80. The van der Waals surface area contributed by atoms with Crippen LogP contribution in [-0.4, -0.2) is 41.6 Å². The van der Waals surface area contributed by atoms with E-state index in [1.54, 1.807) is 4.90 Å². The second kappa shape index (κ2) is 5.42. The maximum atomic E-state index is 11.9. The number of carbonyl (C=O) groups excluding carboxylic acids is 1. The Balaban J connectivity index is 2.67. The number of likely N-dealkylation sites (tertiary alicyclic amines) is 1. The normalized spacial score (nSPS) is 23.2. The van der Waals surface area contributed by atoms with Crippen LogP contribution in [0.3, 0.4) is 0 Å². The SMILES string of the molecule is C=C(C)CNC(=O)N1CCC(C(=O)O)(C(C)C)C1. The predicted octanol–water partition coefficient (Wildman–Crippen LogP) is 1.70. The number of amides is 2. The monoisotopic (exact) mass is 254 g/mol. The molecule has 5 nitrogen and oxygen atoms in total. The van der Waals surface area contributed by atoms with Crippen LogP contribution in [0.25, 0.3) is 0 Å². The molecule has 0 aromatic rings. The van der Waals surface area contributed by atoms with E-state index in [0.29, 0.717) is 19.5 Å². The van der Waals surface area contributed by atoms with Crippen LogP contribution in [0, 0.1) is 11.3 Å². The number of rotatable bonds is 4. The van der Waals surface area contributed by atoms with E-state index >= 15 is 0 Å². The molecule has 0 aromatic carbocycles. The third-order valence-electron chi connectivity index (χ3n) is 3.66. The van der Waals surface area contributed by atoms with Gasteiger partial charge in [-0.05, 0) is 19.3 Å². The number of aliphatic carboxylic acids is 1. The fourth-order valence-corrected chi connectivity index (χ4v) is 2.24. The van der Waals surface area contributed by atoms with Crippen molar-refractivity contribution in [2.45, 2.75) is 27.2 Å². The Bertz CT molecular complexity index is 365. The minimum atomic E-state index is -0.812. The van der Waals surface area contributed by atoms with Crippen LogP contribution in [-0.2, 0) is 4.79 Å². The highest BCUT2D eigenvalue weighted by atomic mass is 16.4. The average Bonchev–Trinajstić information content (AvgIpc) is 2.71. The summed E-state index contributed by atoms with van der Waals surface area (Å²) in [5.41, 5.74) is 0.0662. The molecule has 1 saturated heterocycles. The second-order valence-corrected chi connectivity index (χ2v) is 5.40. The summed E-state index contributed by atoms with van der Waals surface area (Å²) in [7, 11) is 0. The van der Waals surface area contributed by atoms with E-state index in [1.807, 2.05) is 20.8 Å². The fraction of sp³-hybridized carbons (Fsp3) is 0.692. The van der Waals surface area contributed by atoms with E-state index in [0.717, 1.165) is 5.57 Å². The van der Waals surface area contributed by atoms with E-state index in [-0.39, 0.29) is 18.5 Å². The zero-order chi connectivity index (χ0) is 13.9. The number of hydrogen-bond acceptors (Lipinski definition) is 2. The first kappa shape index (κ1) is 14.5. The molecule has 1 heterocycles. The van der Waals surface area contributed by atoms with Gasteiger partial charge in [-0.15, -0.1) is 0 Å². The first-order valence-corrected chi connectivity index (χ1v) is 6.20. The van der Waals surface area contributed by atoms with Crippen molar-refractivity contribution in [2.75, 3.05) is 19.6 Å². The standard InChI is InChI=1S/C13H22N2O3/c1-9(2)7-14-12(18)15-6-5-13(8-15,10(3)4)11(16)17/h10H,1,5-8H2,2-4H3,(H,14,18)(H,16,17). The first-order chi connectivity index (χ1) is 8.29. The number of nitrogens with zero attached hydrogens (tertiary/aromatic N) is 1. The highest BCUT2D eigenvalue weighted by Gasteiger charge is 2.48. The summed E-state index contributed by atoms with van der Waals surface area (Å²) in [6.45, 7) is 10.5.